The van der Waals surface area contributed by atoms with E-state index >= 15 is 0 Å². The van der Waals surface area contributed by atoms with Crippen LogP contribution in [0.25, 0.3) is 0 Å². The molecule has 0 aliphatic rings. The first kappa shape index (κ1) is 12.1. The maximum atomic E-state index is 8.65. The Bertz CT molecular complexity index is 284. The standard InChI is InChI=1S/C13H20O2/c1-3-11(2)12-6-4-7-13(10-12)15-9-5-8-14/h4,6-7,10-11,14H,3,5,8-9H2,1-2H3. The number of hydrogen-bond acceptors (Lipinski definition) is 2. The normalized spacial score (nSPS) is 12.5. The van der Waals surface area contributed by atoms with Crippen LogP contribution in [0.5, 0.6) is 5.75 Å². The molecule has 0 aromatic heterocycles. The lowest BCUT2D eigenvalue weighted by Crippen LogP contribution is -2.00. The molecule has 0 bridgehead atoms. The van der Waals surface area contributed by atoms with Crippen molar-refractivity contribution in [3.8, 4) is 5.75 Å². The van der Waals surface area contributed by atoms with Crippen LogP contribution in [-0.2, 0) is 0 Å². The summed E-state index contributed by atoms with van der Waals surface area (Å²) >= 11 is 0. The van der Waals surface area contributed by atoms with Gasteiger partial charge in [-0.15, -0.1) is 0 Å². The molecule has 1 aromatic carbocycles. The Balaban J connectivity index is 2.57. The van der Waals surface area contributed by atoms with Crippen molar-refractivity contribution in [2.75, 3.05) is 13.2 Å². The fourth-order valence-corrected chi connectivity index (χ4v) is 1.40. The predicted octanol–water partition coefficient (Wildman–Crippen LogP) is 2.96. The molecule has 15 heavy (non-hydrogen) atoms. The number of aliphatic hydroxyl groups excluding tert-OH is 1. The van der Waals surface area contributed by atoms with Crippen LogP contribution in [0.4, 0.5) is 0 Å². The van der Waals surface area contributed by atoms with E-state index in [0.717, 1.165) is 12.2 Å². The first-order chi connectivity index (χ1) is 7.27. The highest BCUT2D eigenvalue weighted by molar-refractivity contribution is 5.30. The molecule has 2 heteroatoms. The van der Waals surface area contributed by atoms with Gasteiger partial charge in [0.05, 0.1) is 6.61 Å². The highest BCUT2D eigenvalue weighted by Gasteiger charge is 2.03. The largest absolute Gasteiger partial charge is 0.493 e. The van der Waals surface area contributed by atoms with E-state index in [1.165, 1.54) is 5.56 Å². The summed E-state index contributed by atoms with van der Waals surface area (Å²) < 4.78 is 5.52. The monoisotopic (exact) mass is 208 g/mol. The molecule has 0 heterocycles. The van der Waals surface area contributed by atoms with Gasteiger partial charge in [0.25, 0.3) is 0 Å². The van der Waals surface area contributed by atoms with Crippen molar-refractivity contribution in [3.05, 3.63) is 29.8 Å². The van der Waals surface area contributed by atoms with Crippen molar-refractivity contribution in [2.24, 2.45) is 0 Å². The molecule has 1 unspecified atom stereocenters. The van der Waals surface area contributed by atoms with Gasteiger partial charge in [-0.25, -0.2) is 0 Å². The van der Waals surface area contributed by atoms with Gasteiger partial charge in [0.2, 0.25) is 0 Å². The van der Waals surface area contributed by atoms with Crippen LogP contribution in [0, 0.1) is 0 Å². The molecule has 0 radical (unpaired) electrons. The van der Waals surface area contributed by atoms with E-state index in [4.69, 9.17) is 9.84 Å². The lowest BCUT2D eigenvalue weighted by Gasteiger charge is -2.11. The van der Waals surface area contributed by atoms with E-state index in [9.17, 15) is 0 Å². The molecule has 0 amide bonds. The maximum absolute atomic E-state index is 8.65. The van der Waals surface area contributed by atoms with E-state index in [-0.39, 0.29) is 6.61 Å². The van der Waals surface area contributed by atoms with E-state index in [1.54, 1.807) is 0 Å². The second-order valence-electron chi connectivity index (χ2n) is 3.81. The predicted molar refractivity (Wildman–Crippen MR) is 62.3 cm³/mol. The summed E-state index contributed by atoms with van der Waals surface area (Å²) in [5.41, 5.74) is 1.32. The highest BCUT2D eigenvalue weighted by Crippen LogP contribution is 2.22. The second-order valence-corrected chi connectivity index (χ2v) is 3.81. The Morgan fingerprint density at radius 2 is 2.20 bits per heavy atom. The van der Waals surface area contributed by atoms with Gasteiger partial charge >= 0.3 is 0 Å². The van der Waals surface area contributed by atoms with Crippen molar-refractivity contribution in [2.45, 2.75) is 32.6 Å². The molecule has 0 saturated carbocycles. The van der Waals surface area contributed by atoms with Gasteiger partial charge in [-0.2, -0.15) is 0 Å². The Hall–Kier alpha value is -1.02. The van der Waals surface area contributed by atoms with Gasteiger partial charge in [0.15, 0.2) is 0 Å². The van der Waals surface area contributed by atoms with Crippen LogP contribution in [0.1, 0.15) is 38.2 Å². The summed E-state index contributed by atoms with van der Waals surface area (Å²) in [6.45, 7) is 5.17. The SMILES string of the molecule is CCC(C)c1cccc(OCCCO)c1. The van der Waals surface area contributed by atoms with Crippen LogP contribution in [-0.4, -0.2) is 18.3 Å². The van der Waals surface area contributed by atoms with Gasteiger partial charge in [-0.1, -0.05) is 26.0 Å². The third kappa shape index (κ3) is 3.92. The average Bonchev–Trinajstić information content (AvgIpc) is 2.29. The van der Waals surface area contributed by atoms with Crippen LogP contribution in [0.15, 0.2) is 24.3 Å². The zero-order valence-corrected chi connectivity index (χ0v) is 9.57. The molecule has 0 fully saturated rings. The minimum atomic E-state index is 0.186. The van der Waals surface area contributed by atoms with E-state index < -0.39 is 0 Å². The van der Waals surface area contributed by atoms with Crippen molar-refractivity contribution >= 4 is 0 Å². The molecule has 1 rings (SSSR count). The zero-order chi connectivity index (χ0) is 11.1. The van der Waals surface area contributed by atoms with E-state index in [2.05, 4.69) is 26.0 Å². The first-order valence-corrected chi connectivity index (χ1v) is 5.61. The molecule has 1 N–H and O–H groups in total. The van der Waals surface area contributed by atoms with E-state index in [0.29, 0.717) is 18.9 Å². The lowest BCUT2D eigenvalue weighted by atomic mass is 9.99. The number of rotatable bonds is 6. The van der Waals surface area contributed by atoms with Gasteiger partial charge in [-0.3, -0.25) is 0 Å². The Morgan fingerprint density at radius 1 is 1.40 bits per heavy atom. The number of benzene rings is 1. The number of aliphatic hydroxyl groups is 1. The molecule has 0 saturated heterocycles. The van der Waals surface area contributed by atoms with Crippen molar-refractivity contribution in [1.82, 2.24) is 0 Å². The van der Waals surface area contributed by atoms with Crippen LogP contribution >= 0.6 is 0 Å². The quantitative estimate of drug-likeness (QED) is 0.728. The van der Waals surface area contributed by atoms with Crippen molar-refractivity contribution in [3.63, 3.8) is 0 Å². The van der Waals surface area contributed by atoms with Crippen LogP contribution in [0.2, 0.25) is 0 Å². The maximum Gasteiger partial charge on any atom is 0.119 e. The van der Waals surface area contributed by atoms with Crippen LogP contribution in [0.3, 0.4) is 0 Å². The summed E-state index contributed by atoms with van der Waals surface area (Å²) in [5.74, 6) is 1.48. The Morgan fingerprint density at radius 3 is 2.87 bits per heavy atom. The van der Waals surface area contributed by atoms with Gasteiger partial charge in [0.1, 0.15) is 5.75 Å². The third-order valence-electron chi connectivity index (χ3n) is 2.61. The molecule has 0 aliphatic carbocycles. The summed E-state index contributed by atoms with van der Waals surface area (Å²) in [5, 5.41) is 8.65. The smallest absolute Gasteiger partial charge is 0.119 e. The minimum Gasteiger partial charge on any atom is -0.493 e. The van der Waals surface area contributed by atoms with Crippen LogP contribution < -0.4 is 4.74 Å². The summed E-state index contributed by atoms with van der Waals surface area (Å²) in [7, 11) is 0. The molecule has 1 aromatic rings. The summed E-state index contributed by atoms with van der Waals surface area (Å²) in [4.78, 5) is 0. The first-order valence-electron chi connectivity index (χ1n) is 5.61. The van der Waals surface area contributed by atoms with E-state index in [1.807, 2.05) is 12.1 Å². The highest BCUT2D eigenvalue weighted by atomic mass is 16.5. The fraction of sp³-hybridized carbons (Fsp3) is 0.538. The third-order valence-corrected chi connectivity index (χ3v) is 2.61. The Labute approximate surface area is 91.9 Å². The molecule has 1 atom stereocenters. The van der Waals surface area contributed by atoms with Gasteiger partial charge < -0.3 is 9.84 Å². The minimum absolute atomic E-state index is 0.186. The molecular formula is C13H20O2. The summed E-state index contributed by atoms with van der Waals surface area (Å²) in [6.07, 6.45) is 1.83. The molecular weight excluding hydrogens is 188 g/mol. The second kappa shape index (κ2) is 6.46. The van der Waals surface area contributed by atoms with Gasteiger partial charge in [0, 0.05) is 13.0 Å². The van der Waals surface area contributed by atoms with Crippen molar-refractivity contribution in [1.29, 1.82) is 0 Å². The Kier molecular flexibility index (Phi) is 5.19. The summed E-state index contributed by atoms with van der Waals surface area (Å²) in [6, 6.07) is 8.21. The number of hydrogen-bond donors (Lipinski definition) is 1. The molecule has 2 nitrogen and oxygen atoms in total. The molecule has 84 valence electrons. The topological polar surface area (TPSA) is 29.5 Å². The van der Waals surface area contributed by atoms with Crippen molar-refractivity contribution < 1.29 is 9.84 Å². The zero-order valence-electron chi connectivity index (χ0n) is 9.57. The molecule has 0 aliphatic heterocycles. The number of ether oxygens (including phenoxy) is 1. The lowest BCUT2D eigenvalue weighted by molar-refractivity contribution is 0.233. The molecule has 0 spiro atoms. The average molecular weight is 208 g/mol. The van der Waals surface area contributed by atoms with Gasteiger partial charge in [-0.05, 0) is 30.0 Å². The fourth-order valence-electron chi connectivity index (χ4n) is 1.40.